The smallest absolute Gasteiger partial charge is 0.410 e. The van der Waals surface area contributed by atoms with Crippen molar-refractivity contribution in [2.45, 2.75) is 90.7 Å². The van der Waals surface area contributed by atoms with E-state index in [1.54, 1.807) is 12.5 Å². The minimum absolute atomic E-state index is 0.152. The summed E-state index contributed by atoms with van der Waals surface area (Å²) in [4.78, 5) is 30.9. The highest BCUT2D eigenvalue weighted by Gasteiger charge is 2.33. The lowest BCUT2D eigenvalue weighted by atomic mass is 9.75. The van der Waals surface area contributed by atoms with E-state index in [9.17, 15) is 9.59 Å². The monoisotopic (exact) mass is 625 g/mol. The molecule has 1 aromatic heterocycles. The van der Waals surface area contributed by atoms with E-state index in [1.165, 1.54) is 32.4 Å². The van der Waals surface area contributed by atoms with Crippen molar-refractivity contribution in [1.29, 1.82) is 0 Å². The average molecular weight is 626 g/mol. The second-order valence-electron chi connectivity index (χ2n) is 12.3. The third-order valence-electron chi connectivity index (χ3n) is 7.35. The third-order valence-corrected chi connectivity index (χ3v) is 7.58. The summed E-state index contributed by atoms with van der Waals surface area (Å²) in [6.45, 7) is 18.1. The molecule has 0 bridgehead atoms. The molecule has 0 spiro atoms. The van der Waals surface area contributed by atoms with Gasteiger partial charge in [0.2, 0.25) is 5.91 Å². The molecule has 2 atom stereocenters. The first-order chi connectivity index (χ1) is 20.8. The molecular weight excluding hydrogens is 574 g/mol. The predicted octanol–water partition coefficient (Wildman–Crippen LogP) is 7.92. The summed E-state index contributed by atoms with van der Waals surface area (Å²) >= 11 is 6.51. The molecule has 1 saturated carbocycles. The molecular formula is C35H52ClN5O3. The van der Waals surface area contributed by atoms with Gasteiger partial charge in [0.15, 0.2) is 0 Å². The van der Waals surface area contributed by atoms with E-state index in [4.69, 9.17) is 16.3 Å². The Bertz CT molecular complexity index is 1270. The van der Waals surface area contributed by atoms with E-state index >= 15 is 0 Å². The molecule has 2 aliphatic rings. The lowest BCUT2D eigenvalue weighted by Gasteiger charge is -2.37. The van der Waals surface area contributed by atoms with Crippen LogP contribution in [0.25, 0.3) is 5.57 Å². The van der Waals surface area contributed by atoms with Gasteiger partial charge in [0.1, 0.15) is 5.60 Å². The largest absolute Gasteiger partial charge is 0.444 e. The Morgan fingerprint density at radius 1 is 1.23 bits per heavy atom. The fraction of sp³-hybridized carbons (Fsp3) is 0.514. The number of allylic oxidation sites excluding steroid dienone is 2. The maximum atomic E-state index is 12.6. The van der Waals surface area contributed by atoms with Gasteiger partial charge in [-0.3, -0.25) is 4.79 Å². The Hall–Kier alpha value is -3.52. The van der Waals surface area contributed by atoms with Crippen molar-refractivity contribution in [3.63, 3.8) is 0 Å². The van der Waals surface area contributed by atoms with Crippen LogP contribution < -0.4 is 11.1 Å². The average Bonchev–Trinajstić information content (AvgIpc) is 3.79. The Morgan fingerprint density at radius 2 is 1.84 bits per heavy atom. The molecule has 3 N–H and O–H groups in total. The van der Waals surface area contributed by atoms with Crippen molar-refractivity contribution in [3.8, 4) is 0 Å². The molecule has 0 radical (unpaired) electrons. The summed E-state index contributed by atoms with van der Waals surface area (Å²) in [7, 11) is 1.90. The van der Waals surface area contributed by atoms with E-state index in [0.717, 1.165) is 41.7 Å². The van der Waals surface area contributed by atoms with Crippen LogP contribution >= 0.6 is 11.6 Å². The van der Waals surface area contributed by atoms with Crippen molar-refractivity contribution in [1.82, 2.24) is 19.8 Å². The van der Waals surface area contributed by atoms with E-state index in [2.05, 4.69) is 47.4 Å². The van der Waals surface area contributed by atoms with Crippen LogP contribution in [0.3, 0.4) is 0 Å². The maximum Gasteiger partial charge on any atom is 0.410 e. The molecule has 9 heteroatoms. The number of hydrogen-bond donors (Lipinski definition) is 2. The maximum absolute atomic E-state index is 12.6. The highest BCUT2D eigenvalue weighted by Crippen LogP contribution is 2.42. The molecule has 242 valence electrons. The zero-order valence-corrected chi connectivity index (χ0v) is 28.2. The first-order valence-corrected chi connectivity index (χ1v) is 15.8. The quantitative estimate of drug-likeness (QED) is 0.290. The molecule has 2 fully saturated rings. The van der Waals surface area contributed by atoms with Gasteiger partial charge < -0.3 is 25.3 Å². The number of ether oxygens (including phenoxy) is 1. The number of benzene rings is 1. The third kappa shape index (κ3) is 11.9. The molecule has 2 aromatic rings. The van der Waals surface area contributed by atoms with E-state index in [0.29, 0.717) is 24.0 Å². The number of nitrogens with zero attached hydrogens (tertiary/aromatic N) is 3. The van der Waals surface area contributed by atoms with Gasteiger partial charge in [-0.15, -0.1) is 0 Å². The number of carbonyl (C=O) groups excluding carboxylic acids is 2. The highest BCUT2D eigenvalue weighted by atomic mass is 35.5. The number of piperidine rings is 1. The summed E-state index contributed by atoms with van der Waals surface area (Å²) in [6.07, 6.45) is 15.8. The Labute approximate surface area is 269 Å². The standard InChI is InChI=1S/C30H41ClN4O3.C3H6.C2H5N/c1-8-9-10-24(22-13-15-35(16-14-22)29(37)38-30(4,5)6)25-12-11-23(31)17-26(25)20(2)28(33-21(3)36)27-18-32-19-34(27)7;1-2-3-1;1-2-3/h8-9,11-12,17-19,22,24,28H,2,10,13-16H2,1,3-7H3,(H,33,36);1-3H2;2H,1,3H2/b9-8-;;. The molecule has 2 unspecified atom stereocenters. The number of imidazole rings is 1. The van der Waals surface area contributed by atoms with Crippen LogP contribution in [0.1, 0.15) is 102 Å². The molecule has 8 nitrogen and oxygen atoms in total. The molecule has 2 amide bonds. The van der Waals surface area contributed by atoms with Gasteiger partial charge in [-0.05, 0) is 93.8 Å². The van der Waals surface area contributed by atoms with Crippen molar-refractivity contribution in [2.75, 3.05) is 13.1 Å². The first kappa shape index (κ1) is 36.7. The highest BCUT2D eigenvalue weighted by molar-refractivity contribution is 6.30. The van der Waals surface area contributed by atoms with Gasteiger partial charge in [0, 0.05) is 32.1 Å². The van der Waals surface area contributed by atoms with Crippen LogP contribution in [0, 0.1) is 5.92 Å². The number of carbonyl (C=O) groups is 2. The molecule has 4 rings (SSSR count). The van der Waals surface area contributed by atoms with Gasteiger partial charge >= 0.3 is 6.09 Å². The molecule has 1 aliphatic carbocycles. The number of aryl methyl sites for hydroxylation is 1. The number of rotatable bonds is 8. The first-order valence-electron chi connectivity index (χ1n) is 15.5. The molecule has 2 heterocycles. The zero-order valence-electron chi connectivity index (χ0n) is 27.4. The lowest BCUT2D eigenvalue weighted by Crippen LogP contribution is -2.42. The fourth-order valence-corrected chi connectivity index (χ4v) is 5.31. The zero-order chi connectivity index (χ0) is 32.9. The minimum Gasteiger partial charge on any atom is -0.444 e. The second-order valence-corrected chi connectivity index (χ2v) is 12.8. The molecule has 1 aliphatic heterocycles. The van der Waals surface area contributed by atoms with E-state index < -0.39 is 11.6 Å². The van der Waals surface area contributed by atoms with E-state index in [1.807, 2.05) is 56.3 Å². The number of nitrogens with one attached hydrogen (secondary N) is 1. The molecule has 44 heavy (non-hydrogen) atoms. The van der Waals surface area contributed by atoms with Crippen LogP contribution in [0.15, 0.2) is 62.2 Å². The van der Waals surface area contributed by atoms with Crippen molar-refractivity contribution in [3.05, 3.63) is 84.1 Å². The number of amides is 2. The number of likely N-dealkylation sites (tertiary alicyclic amines) is 1. The predicted molar refractivity (Wildman–Crippen MR) is 181 cm³/mol. The number of nitrogens with two attached hydrogens (primary N) is 1. The lowest BCUT2D eigenvalue weighted by molar-refractivity contribution is -0.119. The number of hydrogen-bond acceptors (Lipinski definition) is 5. The Kier molecular flexibility index (Phi) is 14.7. The van der Waals surface area contributed by atoms with E-state index in [-0.39, 0.29) is 17.9 Å². The van der Waals surface area contributed by atoms with Gasteiger partial charge in [-0.1, -0.05) is 62.2 Å². The van der Waals surface area contributed by atoms with Gasteiger partial charge in [-0.2, -0.15) is 0 Å². The van der Waals surface area contributed by atoms with Crippen LogP contribution in [-0.4, -0.2) is 45.1 Å². The van der Waals surface area contributed by atoms with Crippen LogP contribution in [0.4, 0.5) is 4.79 Å². The van der Waals surface area contributed by atoms with Crippen LogP contribution in [0.2, 0.25) is 5.02 Å². The normalized spacial score (nSPS) is 16.0. The second kappa shape index (κ2) is 17.7. The Morgan fingerprint density at radius 3 is 2.32 bits per heavy atom. The summed E-state index contributed by atoms with van der Waals surface area (Å²) in [5.74, 6) is 0.398. The summed E-state index contributed by atoms with van der Waals surface area (Å²) in [6, 6.07) is 5.51. The summed E-state index contributed by atoms with van der Waals surface area (Å²) < 4.78 is 7.49. The van der Waals surface area contributed by atoms with Crippen molar-refractivity contribution >= 4 is 29.2 Å². The molecule has 1 aromatic carbocycles. The summed E-state index contributed by atoms with van der Waals surface area (Å²) in [5, 5.41) is 3.66. The van der Waals surface area contributed by atoms with Crippen molar-refractivity contribution in [2.24, 2.45) is 18.7 Å². The Balaban J connectivity index is 0.00000102. The summed E-state index contributed by atoms with van der Waals surface area (Å²) in [5.41, 5.74) is 7.77. The number of halogens is 1. The fourth-order valence-electron chi connectivity index (χ4n) is 5.14. The molecule has 1 saturated heterocycles. The topological polar surface area (TPSA) is 102 Å². The van der Waals surface area contributed by atoms with Gasteiger partial charge in [0.25, 0.3) is 0 Å². The van der Waals surface area contributed by atoms with Crippen LogP contribution in [0.5, 0.6) is 0 Å². The number of aromatic nitrogens is 2. The van der Waals surface area contributed by atoms with Gasteiger partial charge in [-0.25, -0.2) is 9.78 Å². The SMILES string of the molecule is C1CC1.C=C(c1cc(Cl)ccc1C(C/C=C\C)C1CCN(C(=O)OC(C)(C)C)CC1)C(NC(C)=O)c1cncn1C.C=CN. The minimum atomic E-state index is -0.515. The van der Waals surface area contributed by atoms with Crippen LogP contribution in [-0.2, 0) is 16.6 Å². The van der Waals surface area contributed by atoms with Crippen molar-refractivity contribution < 1.29 is 14.3 Å². The van der Waals surface area contributed by atoms with Gasteiger partial charge in [0.05, 0.1) is 24.3 Å².